The van der Waals surface area contributed by atoms with Gasteiger partial charge < -0.3 is 5.32 Å². The highest BCUT2D eigenvalue weighted by molar-refractivity contribution is 7.18. The van der Waals surface area contributed by atoms with Gasteiger partial charge in [0, 0.05) is 12.1 Å². The van der Waals surface area contributed by atoms with Crippen molar-refractivity contribution >= 4 is 16.5 Å². The predicted octanol–water partition coefficient (Wildman–Crippen LogP) is 3.48. The minimum Gasteiger partial charge on any atom is -0.360 e. The summed E-state index contributed by atoms with van der Waals surface area (Å²) in [6.45, 7) is 3.10. The van der Waals surface area contributed by atoms with E-state index in [2.05, 4.69) is 28.5 Å². The fraction of sp³-hybridized carbons (Fsp3) is 0.357. The highest BCUT2D eigenvalue weighted by Crippen LogP contribution is 2.26. The topological polar surface area (TPSA) is 61.6 Å². The Morgan fingerprint density at radius 1 is 1.26 bits per heavy atom. The van der Waals surface area contributed by atoms with Crippen molar-refractivity contribution in [3.63, 3.8) is 0 Å². The first-order valence-electron chi connectivity index (χ1n) is 6.37. The first-order chi connectivity index (χ1) is 9.33. The molecule has 98 valence electrons. The van der Waals surface area contributed by atoms with E-state index < -0.39 is 0 Å². The van der Waals surface area contributed by atoms with Gasteiger partial charge in [0.25, 0.3) is 0 Å². The van der Waals surface area contributed by atoms with Crippen LogP contribution >= 0.6 is 11.3 Å². The molecule has 0 bridgehead atoms. The van der Waals surface area contributed by atoms with Crippen molar-refractivity contribution in [3.05, 3.63) is 29.8 Å². The number of benzene rings is 1. The SMILES string of the molecule is CCCCNc1nnc(-c2ccc(CC#N)cc2)s1. The summed E-state index contributed by atoms with van der Waals surface area (Å²) in [5.74, 6) is 0. The molecule has 4 nitrogen and oxygen atoms in total. The molecular weight excluding hydrogens is 256 g/mol. The number of anilines is 1. The van der Waals surface area contributed by atoms with Crippen LogP contribution < -0.4 is 5.32 Å². The standard InChI is InChI=1S/C14H16N4S/c1-2-3-10-16-14-18-17-13(19-14)12-6-4-11(5-7-12)8-9-15/h4-7H,2-3,8,10H2,1H3,(H,16,18). The lowest BCUT2D eigenvalue weighted by Gasteiger charge is -1.98. The monoisotopic (exact) mass is 272 g/mol. The third-order valence-electron chi connectivity index (χ3n) is 2.72. The summed E-state index contributed by atoms with van der Waals surface area (Å²) in [7, 11) is 0. The quantitative estimate of drug-likeness (QED) is 0.818. The Morgan fingerprint density at radius 3 is 2.74 bits per heavy atom. The molecule has 0 fully saturated rings. The van der Waals surface area contributed by atoms with Crippen molar-refractivity contribution in [2.75, 3.05) is 11.9 Å². The Morgan fingerprint density at radius 2 is 2.05 bits per heavy atom. The average Bonchev–Trinajstić information content (AvgIpc) is 2.89. The lowest BCUT2D eigenvalue weighted by molar-refractivity contribution is 0.831. The molecule has 0 saturated heterocycles. The van der Waals surface area contributed by atoms with E-state index in [1.54, 1.807) is 11.3 Å². The van der Waals surface area contributed by atoms with Crippen molar-refractivity contribution in [1.29, 1.82) is 5.26 Å². The van der Waals surface area contributed by atoms with Gasteiger partial charge in [0.1, 0.15) is 5.01 Å². The number of unbranched alkanes of at least 4 members (excludes halogenated alkanes) is 1. The molecular formula is C14H16N4S. The Hall–Kier alpha value is -1.93. The zero-order valence-electron chi connectivity index (χ0n) is 10.9. The van der Waals surface area contributed by atoms with Crippen LogP contribution in [0.2, 0.25) is 0 Å². The molecule has 19 heavy (non-hydrogen) atoms. The molecule has 5 heteroatoms. The summed E-state index contributed by atoms with van der Waals surface area (Å²) in [4.78, 5) is 0. The first-order valence-corrected chi connectivity index (χ1v) is 7.18. The van der Waals surface area contributed by atoms with Gasteiger partial charge in [0.2, 0.25) is 5.13 Å². The second-order valence-electron chi connectivity index (χ2n) is 4.22. The molecule has 1 aromatic carbocycles. The summed E-state index contributed by atoms with van der Waals surface area (Å²) in [6.07, 6.45) is 2.75. The Labute approximate surface area is 117 Å². The second-order valence-corrected chi connectivity index (χ2v) is 5.20. The van der Waals surface area contributed by atoms with E-state index >= 15 is 0 Å². The number of nitrogens with one attached hydrogen (secondary N) is 1. The molecule has 0 aliphatic rings. The van der Waals surface area contributed by atoms with E-state index in [0.717, 1.165) is 34.2 Å². The van der Waals surface area contributed by atoms with Crippen LogP contribution in [-0.4, -0.2) is 16.7 Å². The van der Waals surface area contributed by atoms with Crippen molar-refractivity contribution in [1.82, 2.24) is 10.2 Å². The molecule has 1 heterocycles. The molecule has 0 unspecified atom stereocenters. The van der Waals surface area contributed by atoms with Crippen LogP contribution in [-0.2, 0) is 6.42 Å². The zero-order valence-corrected chi connectivity index (χ0v) is 11.7. The van der Waals surface area contributed by atoms with Crippen molar-refractivity contribution in [2.45, 2.75) is 26.2 Å². The molecule has 0 aliphatic heterocycles. The number of aromatic nitrogens is 2. The van der Waals surface area contributed by atoms with Gasteiger partial charge in [-0.2, -0.15) is 5.26 Å². The van der Waals surface area contributed by atoms with Crippen molar-refractivity contribution < 1.29 is 0 Å². The molecule has 1 aromatic heterocycles. The van der Waals surface area contributed by atoms with E-state index in [0.29, 0.717) is 6.42 Å². The van der Waals surface area contributed by atoms with Crippen LogP contribution in [0.4, 0.5) is 5.13 Å². The molecule has 2 rings (SSSR count). The maximum atomic E-state index is 8.63. The lowest BCUT2D eigenvalue weighted by atomic mass is 10.1. The molecule has 0 spiro atoms. The summed E-state index contributed by atoms with van der Waals surface area (Å²) in [6, 6.07) is 10.0. The van der Waals surface area contributed by atoms with Gasteiger partial charge in [0.15, 0.2) is 0 Å². The van der Waals surface area contributed by atoms with Crippen LogP contribution in [0.3, 0.4) is 0 Å². The summed E-state index contributed by atoms with van der Waals surface area (Å²) in [5.41, 5.74) is 2.07. The molecule has 1 N–H and O–H groups in total. The van der Waals surface area contributed by atoms with E-state index in [4.69, 9.17) is 5.26 Å². The van der Waals surface area contributed by atoms with E-state index in [-0.39, 0.29) is 0 Å². The maximum absolute atomic E-state index is 8.63. The van der Waals surface area contributed by atoms with Crippen LogP contribution in [0.25, 0.3) is 10.6 Å². The Balaban J connectivity index is 2.03. The molecule has 2 aromatic rings. The molecule has 0 saturated carbocycles. The number of hydrogen-bond donors (Lipinski definition) is 1. The van der Waals surface area contributed by atoms with Gasteiger partial charge in [-0.3, -0.25) is 0 Å². The molecule has 0 aliphatic carbocycles. The smallest absolute Gasteiger partial charge is 0.206 e. The number of hydrogen-bond acceptors (Lipinski definition) is 5. The molecule has 0 atom stereocenters. The minimum atomic E-state index is 0.445. The largest absolute Gasteiger partial charge is 0.360 e. The summed E-state index contributed by atoms with van der Waals surface area (Å²) in [5, 5.41) is 22.0. The van der Waals surface area contributed by atoms with Gasteiger partial charge in [-0.1, -0.05) is 48.9 Å². The predicted molar refractivity (Wildman–Crippen MR) is 78.1 cm³/mol. The van der Waals surface area contributed by atoms with Crippen molar-refractivity contribution in [2.24, 2.45) is 0 Å². The fourth-order valence-electron chi connectivity index (χ4n) is 1.64. The molecule has 0 amide bonds. The van der Waals surface area contributed by atoms with E-state index in [9.17, 15) is 0 Å². The summed E-state index contributed by atoms with van der Waals surface area (Å²) >= 11 is 1.56. The Kier molecular flexibility index (Phi) is 4.87. The normalized spacial score (nSPS) is 10.1. The maximum Gasteiger partial charge on any atom is 0.206 e. The summed E-state index contributed by atoms with van der Waals surface area (Å²) < 4.78 is 0. The van der Waals surface area contributed by atoms with Gasteiger partial charge >= 0.3 is 0 Å². The van der Waals surface area contributed by atoms with Gasteiger partial charge in [-0.05, 0) is 12.0 Å². The third kappa shape index (κ3) is 3.76. The van der Waals surface area contributed by atoms with E-state index in [1.165, 1.54) is 6.42 Å². The van der Waals surface area contributed by atoms with Gasteiger partial charge in [-0.25, -0.2) is 0 Å². The van der Waals surface area contributed by atoms with E-state index in [1.807, 2.05) is 24.3 Å². The Bertz CT molecular complexity index is 554. The number of nitrogens with zero attached hydrogens (tertiary/aromatic N) is 3. The fourth-order valence-corrected chi connectivity index (χ4v) is 2.41. The number of rotatable bonds is 6. The van der Waals surface area contributed by atoms with Crippen LogP contribution in [0.5, 0.6) is 0 Å². The lowest BCUT2D eigenvalue weighted by Crippen LogP contribution is -1.99. The first kappa shape index (κ1) is 13.5. The minimum absolute atomic E-state index is 0.445. The van der Waals surface area contributed by atoms with Crippen LogP contribution in [0.1, 0.15) is 25.3 Å². The highest BCUT2D eigenvalue weighted by atomic mass is 32.1. The third-order valence-corrected chi connectivity index (χ3v) is 3.65. The molecule has 0 radical (unpaired) electrons. The van der Waals surface area contributed by atoms with Crippen LogP contribution in [0, 0.1) is 11.3 Å². The van der Waals surface area contributed by atoms with Gasteiger partial charge in [0.05, 0.1) is 12.5 Å². The second kappa shape index (κ2) is 6.86. The average molecular weight is 272 g/mol. The van der Waals surface area contributed by atoms with Gasteiger partial charge in [-0.15, -0.1) is 10.2 Å². The zero-order chi connectivity index (χ0) is 13.5. The highest BCUT2D eigenvalue weighted by Gasteiger charge is 2.06. The van der Waals surface area contributed by atoms with Crippen LogP contribution in [0.15, 0.2) is 24.3 Å². The van der Waals surface area contributed by atoms with Crippen molar-refractivity contribution in [3.8, 4) is 16.6 Å². The number of nitriles is 1.